The molecular formula is C11H18Cl2N2. The summed E-state index contributed by atoms with van der Waals surface area (Å²) in [5.74, 6) is 0.532. The summed E-state index contributed by atoms with van der Waals surface area (Å²) < 4.78 is 1.87. The van der Waals surface area contributed by atoms with Crippen molar-refractivity contribution in [3.8, 4) is 0 Å². The molecule has 2 nitrogen and oxygen atoms in total. The highest BCUT2D eigenvalue weighted by molar-refractivity contribution is 6.31. The molecule has 0 saturated heterocycles. The minimum atomic E-state index is 0.216. The van der Waals surface area contributed by atoms with Gasteiger partial charge in [-0.05, 0) is 32.6 Å². The molecule has 1 heterocycles. The van der Waals surface area contributed by atoms with Gasteiger partial charge in [0.05, 0.1) is 16.4 Å². The third kappa shape index (κ3) is 3.39. The number of aryl methyl sites for hydroxylation is 2. The van der Waals surface area contributed by atoms with Gasteiger partial charge in [0.1, 0.15) is 0 Å². The van der Waals surface area contributed by atoms with Gasteiger partial charge in [-0.3, -0.25) is 4.68 Å². The molecule has 0 fully saturated rings. The van der Waals surface area contributed by atoms with Crippen molar-refractivity contribution in [2.45, 2.75) is 39.0 Å². The van der Waals surface area contributed by atoms with E-state index >= 15 is 0 Å². The van der Waals surface area contributed by atoms with E-state index in [4.69, 9.17) is 23.2 Å². The molecule has 4 heteroatoms. The Hall–Kier alpha value is -0.210. The molecule has 86 valence electrons. The lowest BCUT2D eigenvalue weighted by atomic mass is 10.00. The van der Waals surface area contributed by atoms with Gasteiger partial charge in [0.2, 0.25) is 0 Å². The van der Waals surface area contributed by atoms with Gasteiger partial charge < -0.3 is 0 Å². The third-order valence-corrected chi connectivity index (χ3v) is 3.20. The fraction of sp³-hybridized carbons (Fsp3) is 0.727. The lowest BCUT2D eigenvalue weighted by Crippen LogP contribution is -2.09. The van der Waals surface area contributed by atoms with Crippen LogP contribution in [0, 0.1) is 12.8 Å². The first-order valence-corrected chi connectivity index (χ1v) is 6.05. The first-order chi connectivity index (χ1) is 6.91. The molecule has 0 N–H and O–H groups in total. The van der Waals surface area contributed by atoms with E-state index in [2.05, 4.69) is 12.0 Å². The molecule has 0 spiro atoms. The molecule has 1 aromatic rings. The van der Waals surface area contributed by atoms with E-state index in [0.717, 1.165) is 29.3 Å². The summed E-state index contributed by atoms with van der Waals surface area (Å²) in [5, 5.41) is 5.31. The van der Waals surface area contributed by atoms with E-state index in [1.54, 1.807) is 0 Å². The molecular weight excluding hydrogens is 231 g/mol. The van der Waals surface area contributed by atoms with Crippen LogP contribution in [0.1, 0.15) is 31.7 Å². The van der Waals surface area contributed by atoms with Crippen molar-refractivity contribution in [3.05, 3.63) is 16.4 Å². The Kier molecular flexibility index (Phi) is 4.47. The van der Waals surface area contributed by atoms with Crippen molar-refractivity contribution in [2.75, 3.05) is 0 Å². The fourth-order valence-electron chi connectivity index (χ4n) is 1.87. The smallest absolute Gasteiger partial charge is 0.0847 e. The number of aromatic nitrogens is 2. The highest BCUT2D eigenvalue weighted by Gasteiger charge is 2.15. The monoisotopic (exact) mass is 248 g/mol. The number of rotatable bonds is 4. The van der Waals surface area contributed by atoms with E-state index in [1.807, 2.05) is 25.6 Å². The van der Waals surface area contributed by atoms with Gasteiger partial charge in [-0.25, -0.2) is 0 Å². The zero-order valence-electron chi connectivity index (χ0n) is 9.72. The number of hydrogen-bond donors (Lipinski definition) is 0. The summed E-state index contributed by atoms with van der Waals surface area (Å²) in [6, 6.07) is 0. The van der Waals surface area contributed by atoms with Crippen LogP contribution in [0.5, 0.6) is 0 Å². The normalized spacial score (nSPS) is 15.3. The maximum absolute atomic E-state index is 6.18. The van der Waals surface area contributed by atoms with Crippen LogP contribution in [0.2, 0.25) is 5.02 Å². The zero-order valence-corrected chi connectivity index (χ0v) is 11.2. The Labute approximate surface area is 102 Å². The van der Waals surface area contributed by atoms with E-state index in [-0.39, 0.29) is 5.38 Å². The zero-order chi connectivity index (χ0) is 11.6. The van der Waals surface area contributed by atoms with Gasteiger partial charge in [-0.2, -0.15) is 5.10 Å². The summed E-state index contributed by atoms with van der Waals surface area (Å²) in [4.78, 5) is 0. The number of nitrogens with zero attached hydrogens (tertiary/aromatic N) is 2. The summed E-state index contributed by atoms with van der Waals surface area (Å²) in [6.45, 7) is 6.15. The van der Waals surface area contributed by atoms with E-state index < -0.39 is 0 Å². The fourth-order valence-corrected chi connectivity index (χ4v) is 2.41. The molecule has 2 unspecified atom stereocenters. The lowest BCUT2D eigenvalue weighted by molar-refractivity contribution is 0.506. The molecule has 1 aromatic heterocycles. The van der Waals surface area contributed by atoms with Crippen molar-refractivity contribution >= 4 is 23.2 Å². The van der Waals surface area contributed by atoms with Gasteiger partial charge in [0.25, 0.3) is 0 Å². The van der Waals surface area contributed by atoms with Crippen LogP contribution in [0.25, 0.3) is 0 Å². The molecule has 0 radical (unpaired) electrons. The van der Waals surface area contributed by atoms with Crippen molar-refractivity contribution in [1.82, 2.24) is 9.78 Å². The molecule has 0 aliphatic heterocycles. The SMILES string of the molecule is Cc1nn(C)c(CC(C)CC(C)Cl)c1Cl. The number of halogens is 2. The van der Waals surface area contributed by atoms with E-state index in [0.29, 0.717) is 5.92 Å². The molecule has 1 rings (SSSR count). The van der Waals surface area contributed by atoms with Crippen molar-refractivity contribution in [2.24, 2.45) is 13.0 Å². The van der Waals surface area contributed by atoms with Crippen LogP contribution in [0.3, 0.4) is 0 Å². The van der Waals surface area contributed by atoms with Crippen LogP contribution in [-0.2, 0) is 13.5 Å². The minimum Gasteiger partial charge on any atom is -0.271 e. The summed E-state index contributed by atoms with van der Waals surface area (Å²) in [6.07, 6.45) is 1.94. The van der Waals surface area contributed by atoms with Crippen molar-refractivity contribution in [1.29, 1.82) is 0 Å². The van der Waals surface area contributed by atoms with Gasteiger partial charge in [-0.15, -0.1) is 11.6 Å². The second-order valence-electron chi connectivity index (χ2n) is 4.30. The topological polar surface area (TPSA) is 17.8 Å². The Bertz CT molecular complexity index is 332. The largest absolute Gasteiger partial charge is 0.271 e. The van der Waals surface area contributed by atoms with Gasteiger partial charge in [-0.1, -0.05) is 18.5 Å². The van der Waals surface area contributed by atoms with Gasteiger partial charge in [0.15, 0.2) is 0 Å². The Balaban J connectivity index is 2.71. The summed E-state index contributed by atoms with van der Waals surface area (Å²) in [5.41, 5.74) is 2.01. The lowest BCUT2D eigenvalue weighted by Gasteiger charge is -2.13. The Morgan fingerprint density at radius 3 is 2.40 bits per heavy atom. The van der Waals surface area contributed by atoms with Crippen LogP contribution in [-0.4, -0.2) is 15.2 Å². The van der Waals surface area contributed by atoms with E-state index in [1.165, 1.54) is 0 Å². The highest BCUT2D eigenvalue weighted by atomic mass is 35.5. The molecule has 0 bridgehead atoms. The van der Waals surface area contributed by atoms with Crippen LogP contribution in [0.15, 0.2) is 0 Å². The Morgan fingerprint density at radius 2 is 2.00 bits per heavy atom. The summed E-state index contributed by atoms with van der Waals surface area (Å²) >= 11 is 12.1. The second-order valence-corrected chi connectivity index (χ2v) is 5.42. The highest BCUT2D eigenvalue weighted by Crippen LogP contribution is 2.24. The molecule has 0 aliphatic rings. The van der Waals surface area contributed by atoms with Gasteiger partial charge in [0, 0.05) is 12.4 Å². The van der Waals surface area contributed by atoms with Crippen LogP contribution in [0.4, 0.5) is 0 Å². The Morgan fingerprint density at radius 1 is 1.40 bits per heavy atom. The van der Waals surface area contributed by atoms with Crippen LogP contribution >= 0.6 is 23.2 Å². The standard InChI is InChI=1S/C11H18Cl2N2/c1-7(5-8(2)12)6-10-11(13)9(3)14-15(10)4/h7-8H,5-6H2,1-4H3. The maximum Gasteiger partial charge on any atom is 0.0847 e. The van der Waals surface area contributed by atoms with Crippen molar-refractivity contribution in [3.63, 3.8) is 0 Å². The predicted molar refractivity (Wildman–Crippen MR) is 65.8 cm³/mol. The predicted octanol–water partition coefficient (Wildman–Crippen LogP) is 3.58. The summed E-state index contributed by atoms with van der Waals surface area (Å²) in [7, 11) is 1.94. The molecule has 0 aromatic carbocycles. The van der Waals surface area contributed by atoms with Crippen LogP contribution < -0.4 is 0 Å². The maximum atomic E-state index is 6.18. The first kappa shape index (κ1) is 12.9. The molecule has 0 saturated carbocycles. The van der Waals surface area contributed by atoms with Gasteiger partial charge >= 0.3 is 0 Å². The molecule has 2 atom stereocenters. The average molecular weight is 249 g/mol. The average Bonchev–Trinajstić information content (AvgIpc) is 2.31. The first-order valence-electron chi connectivity index (χ1n) is 5.23. The van der Waals surface area contributed by atoms with Crippen molar-refractivity contribution < 1.29 is 0 Å². The van der Waals surface area contributed by atoms with E-state index in [9.17, 15) is 0 Å². The molecule has 0 amide bonds. The molecule has 0 aliphatic carbocycles. The molecule has 15 heavy (non-hydrogen) atoms. The number of alkyl halides is 1. The number of hydrogen-bond acceptors (Lipinski definition) is 1. The second kappa shape index (κ2) is 5.22. The minimum absolute atomic E-state index is 0.216. The quantitative estimate of drug-likeness (QED) is 0.746. The third-order valence-electron chi connectivity index (χ3n) is 2.53.